The predicted molar refractivity (Wildman–Crippen MR) is 79.0 cm³/mol. The maximum Gasteiger partial charge on any atom is 0.162 e. The summed E-state index contributed by atoms with van der Waals surface area (Å²) in [5.74, 6) is 1.50. The van der Waals surface area contributed by atoms with Gasteiger partial charge in [0.15, 0.2) is 5.78 Å². The smallest absolute Gasteiger partial charge is 0.162 e. The molecule has 0 heterocycles. The highest BCUT2D eigenvalue weighted by molar-refractivity contribution is 6.30. The van der Waals surface area contributed by atoms with Crippen molar-refractivity contribution in [3.63, 3.8) is 0 Å². The summed E-state index contributed by atoms with van der Waals surface area (Å²) in [5.41, 5.74) is 2.36. The Bertz CT molecular complexity index is 553. The van der Waals surface area contributed by atoms with E-state index in [0.717, 1.165) is 16.2 Å². The second-order valence-corrected chi connectivity index (χ2v) is 6.96. The molecule has 3 aliphatic rings. The Morgan fingerprint density at radius 3 is 2.47 bits per heavy atom. The maximum atomic E-state index is 12.4. The first-order valence-corrected chi connectivity index (χ1v) is 7.30. The maximum absolute atomic E-state index is 12.4. The minimum atomic E-state index is 0.165. The van der Waals surface area contributed by atoms with Crippen LogP contribution in [0, 0.1) is 23.2 Å². The minimum absolute atomic E-state index is 0.165. The molecule has 1 nitrogen and oxygen atoms in total. The first kappa shape index (κ1) is 12.9. The van der Waals surface area contributed by atoms with Crippen molar-refractivity contribution in [2.75, 3.05) is 0 Å². The molecule has 0 N–H and O–H groups in total. The molecule has 19 heavy (non-hydrogen) atoms. The number of halogens is 1. The number of carbonyl (C=O) groups is 1. The first-order valence-electron chi connectivity index (χ1n) is 6.92. The number of carbonyl (C=O) groups excluding carboxylic acids is 1. The molecule has 1 aromatic rings. The molecule has 0 radical (unpaired) electrons. The van der Waals surface area contributed by atoms with Crippen LogP contribution in [0.3, 0.4) is 0 Å². The van der Waals surface area contributed by atoms with Gasteiger partial charge in [-0.3, -0.25) is 4.79 Å². The van der Waals surface area contributed by atoms with E-state index in [2.05, 4.69) is 26.8 Å². The van der Waals surface area contributed by atoms with Crippen molar-refractivity contribution in [1.82, 2.24) is 0 Å². The van der Waals surface area contributed by atoms with Gasteiger partial charge in [0.2, 0.25) is 0 Å². The van der Waals surface area contributed by atoms with Gasteiger partial charge >= 0.3 is 0 Å². The van der Waals surface area contributed by atoms with Gasteiger partial charge in [-0.05, 0) is 53.0 Å². The zero-order chi connectivity index (χ0) is 13.8. The summed E-state index contributed by atoms with van der Waals surface area (Å²) in [6, 6.07) is 7.70. The average molecular weight is 275 g/mol. The lowest BCUT2D eigenvalue weighted by atomic mass is 9.44. The lowest BCUT2D eigenvalue weighted by molar-refractivity contribution is -0.139. The van der Waals surface area contributed by atoms with Crippen molar-refractivity contribution in [2.45, 2.75) is 27.2 Å². The quantitative estimate of drug-likeness (QED) is 0.684. The number of hydrogen-bond acceptors (Lipinski definition) is 1. The molecule has 3 saturated carbocycles. The fourth-order valence-electron chi connectivity index (χ4n) is 3.86. The number of ketones is 1. The number of benzene rings is 1. The van der Waals surface area contributed by atoms with E-state index in [-0.39, 0.29) is 11.3 Å². The van der Waals surface area contributed by atoms with Crippen LogP contribution in [0.15, 0.2) is 29.8 Å². The molecule has 0 amide bonds. The van der Waals surface area contributed by atoms with Crippen molar-refractivity contribution in [2.24, 2.45) is 23.2 Å². The van der Waals surface area contributed by atoms with Gasteiger partial charge in [-0.15, -0.1) is 0 Å². The molecule has 2 heteroatoms. The van der Waals surface area contributed by atoms with Crippen LogP contribution in [-0.4, -0.2) is 5.78 Å². The Labute approximate surface area is 119 Å². The predicted octanol–water partition coefficient (Wildman–Crippen LogP) is 4.60. The van der Waals surface area contributed by atoms with Crippen molar-refractivity contribution in [3.05, 3.63) is 40.4 Å². The van der Waals surface area contributed by atoms with Gasteiger partial charge in [0.05, 0.1) is 0 Å². The molecule has 2 bridgehead atoms. The topological polar surface area (TPSA) is 17.1 Å². The molecule has 100 valence electrons. The highest BCUT2D eigenvalue weighted by atomic mass is 35.5. The summed E-state index contributed by atoms with van der Waals surface area (Å²) in [6.45, 7) is 6.68. The highest BCUT2D eigenvalue weighted by Gasteiger charge is 2.58. The molecule has 0 aromatic heterocycles. The highest BCUT2D eigenvalue weighted by Crippen LogP contribution is 2.62. The molecular formula is C17H19ClO. The molecule has 1 aromatic carbocycles. The fraction of sp³-hybridized carbons (Fsp3) is 0.471. The number of rotatable bonds is 1. The summed E-state index contributed by atoms with van der Waals surface area (Å²) in [7, 11) is 0. The summed E-state index contributed by atoms with van der Waals surface area (Å²) >= 11 is 5.90. The lowest BCUT2D eigenvalue weighted by Crippen LogP contribution is -2.56. The van der Waals surface area contributed by atoms with E-state index in [1.54, 1.807) is 0 Å². The Kier molecular flexibility index (Phi) is 2.86. The third-order valence-electron chi connectivity index (χ3n) is 5.21. The van der Waals surface area contributed by atoms with Gasteiger partial charge in [0.25, 0.3) is 0 Å². The van der Waals surface area contributed by atoms with Crippen LogP contribution in [-0.2, 0) is 4.79 Å². The molecule has 3 fully saturated rings. The van der Waals surface area contributed by atoms with Crippen molar-refractivity contribution in [1.29, 1.82) is 0 Å². The monoisotopic (exact) mass is 274 g/mol. The normalized spacial score (nSPS) is 34.2. The van der Waals surface area contributed by atoms with E-state index in [4.69, 9.17) is 11.6 Å². The second-order valence-electron chi connectivity index (χ2n) is 6.52. The second kappa shape index (κ2) is 4.21. The van der Waals surface area contributed by atoms with Crippen LogP contribution >= 0.6 is 11.6 Å². The molecule has 0 unspecified atom stereocenters. The van der Waals surface area contributed by atoms with E-state index in [1.165, 1.54) is 6.42 Å². The van der Waals surface area contributed by atoms with Crippen molar-refractivity contribution in [3.8, 4) is 0 Å². The Balaban J connectivity index is 1.99. The number of Topliss-reactive ketones (excluding diaryl/α,β-unsaturated/α-hetero) is 1. The van der Waals surface area contributed by atoms with E-state index in [1.807, 2.05) is 24.3 Å². The van der Waals surface area contributed by atoms with Crippen LogP contribution in [0.25, 0.3) is 6.08 Å². The zero-order valence-corrected chi connectivity index (χ0v) is 12.4. The third-order valence-corrected chi connectivity index (χ3v) is 5.46. The van der Waals surface area contributed by atoms with E-state index in [0.29, 0.717) is 17.6 Å². The summed E-state index contributed by atoms with van der Waals surface area (Å²) < 4.78 is 0. The SMILES string of the molecule is C[C@@H]1C(=O)/C(=C/c2ccc(Cl)cc2)[C@H]2C[C@H]1C2(C)C. The molecule has 3 aliphatic carbocycles. The van der Waals surface area contributed by atoms with Crippen molar-refractivity contribution < 1.29 is 4.79 Å². The molecular weight excluding hydrogens is 256 g/mol. The van der Waals surface area contributed by atoms with E-state index < -0.39 is 0 Å². The van der Waals surface area contributed by atoms with Gasteiger partial charge in [-0.25, -0.2) is 0 Å². The van der Waals surface area contributed by atoms with Gasteiger partial charge in [0, 0.05) is 10.9 Å². The molecule has 4 rings (SSSR count). The number of hydrogen-bond donors (Lipinski definition) is 0. The van der Waals surface area contributed by atoms with Crippen LogP contribution in [0.1, 0.15) is 32.8 Å². The lowest BCUT2D eigenvalue weighted by Gasteiger charge is -2.59. The molecule has 0 spiro atoms. The summed E-state index contributed by atoms with van der Waals surface area (Å²) in [4.78, 5) is 12.4. The zero-order valence-electron chi connectivity index (χ0n) is 11.6. The van der Waals surface area contributed by atoms with Gasteiger partial charge in [-0.1, -0.05) is 44.5 Å². The van der Waals surface area contributed by atoms with Gasteiger partial charge in [0.1, 0.15) is 0 Å². The number of fused-ring (bicyclic) bond motifs is 2. The third kappa shape index (κ3) is 1.87. The Morgan fingerprint density at radius 2 is 1.89 bits per heavy atom. The summed E-state index contributed by atoms with van der Waals surface area (Å²) in [5, 5.41) is 0.731. The van der Waals surface area contributed by atoms with Crippen LogP contribution in [0.4, 0.5) is 0 Å². The minimum Gasteiger partial charge on any atom is -0.294 e. The van der Waals surface area contributed by atoms with Crippen LogP contribution in [0.2, 0.25) is 5.02 Å². The van der Waals surface area contributed by atoms with Gasteiger partial charge in [-0.2, -0.15) is 0 Å². The molecule has 3 atom stereocenters. The van der Waals surface area contributed by atoms with E-state index >= 15 is 0 Å². The standard InChI is InChI=1S/C17H19ClO/c1-10-14-9-15(17(14,2)3)13(16(10)19)8-11-4-6-12(18)7-5-11/h4-8,10,14-15H,9H2,1-3H3/b13-8+/t10-,14+,15+/m0/s1. The Hall–Kier alpha value is -1.08. The molecule has 0 saturated heterocycles. The van der Waals surface area contributed by atoms with Crippen molar-refractivity contribution >= 4 is 23.5 Å². The Morgan fingerprint density at radius 1 is 1.26 bits per heavy atom. The average Bonchev–Trinajstić information content (AvgIpc) is 2.36. The molecule has 0 aliphatic heterocycles. The fourth-order valence-corrected chi connectivity index (χ4v) is 3.99. The van der Waals surface area contributed by atoms with Gasteiger partial charge < -0.3 is 0 Å². The van der Waals surface area contributed by atoms with E-state index in [9.17, 15) is 4.79 Å². The summed E-state index contributed by atoms with van der Waals surface area (Å²) in [6.07, 6.45) is 3.23. The number of allylic oxidation sites excluding steroid dienone is 1. The van der Waals surface area contributed by atoms with Crippen LogP contribution in [0.5, 0.6) is 0 Å². The largest absolute Gasteiger partial charge is 0.294 e. The first-order chi connectivity index (χ1) is 8.91. The van der Waals surface area contributed by atoms with Crippen LogP contribution < -0.4 is 0 Å².